The zero-order valence-corrected chi connectivity index (χ0v) is 18.4. The fraction of sp³-hybridized carbons (Fsp3) is 0.304. The molecule has 6 nitrogen and oxygen atoms in total. The van der Waals surface area contributed by atoms with Gasteiger partial charge in [0.2, 0.25) is 5.89 Å². The average molecular weight is 478 g/mol. The lowest BCUT2D eigenvalue weighted by Gasteiger charge is -2.20. The number of hydrogen-bond acceptors (Lipinski definition) is 6. The normalized spacial score (nSPS) is 16.8. The van der Waals surface area contributed by atoms with Crippen LogP contribution in [0.15, 0.2) is 52.9 Å². The van der Waals surface area contributed by atoms with Crippen LogP contribution in [-0.2, 0) is 24.1 Å². The van der Waals surface area contributed by atoms with Crippen LogP contribution < -0.4 is 4.74 Å². The largest absolute Gasteiger partial charge is 0.487 e. The van der Waals surface area contributed by atoms with Gasteiger partial charge < -0.3 is 14.3 Å². The van der Waals surface area contributed by atoms with Gasteiger partial charge >= 0.3 is 12.1 Å². The number of benzene rings is 2. The van der Waals surface area contributed by atoms with Crippen LogP contribution in [-0.4, -0.2) is 38.6 Å². The third-order valence-electron chi connectivity index (χ3n) is 5.27. The van der Waals surface area contributed by atoms with Gasteiger partial charge in [0.15, 0.2) is 0 Å². The molecule has 1 unspecified atom stereocenters. The molecule has 0 bridgehead atoms. The zero-order chi connectivity index (χ0) is 23.6. The van der Waals surface area contributed by atoms with Crippen LogP contribution in [0.3, 0.4) is 0 Å². The molecule has 174 valence electrons. The smallest absolute Gasteiger partial charge is 0.416 e. The number of alkyl halides is 3. The maximum absolute atomic E-state index is 12.8. The van der Waals surface area contributed by atoms with Crippen molar-refractivity contribution in [2.24, 2.45) is 0 Å². The summed E-state index contributed by atoms with van der Waals surface area (Å²) in [6.45, 7) is 2.34. The van der Waals surface area contributed by atoms with Crippen molar-refractivity contribution in [1.82, 2.24) is 9.88 Å². The minimum absolute atomic E-state index is 0.122. The van der Waals surface area contributed by atoms with Crippen molar-refractivity contribution in [3.05, 3.63) is 71.1 Å². The molecule has 1 N–H and O–H groups in total. The summed E-state index contributed by atoms with van der Waals surface area (Å²) in [5.41, 5.74) is 1.18. The Balaban J connectivity index is 1.41. The first kappa shape index (κ1) is 23.2. The van der Waals surface area contributed by atoms with Gasteiger partial charge in [-0.1, -0.05) is 12.1 Å². The van der Waals surface area contributed by atoms with Crippen molar-refractivity contribution >= 4 is 17.7 Å². The van der Waals surface area contributed by atoms with Gasteiger partial charge in [-0.05, 0) is 48.9 Å². The number of oxazole rings is 1. The summed E-state index contributed by atoms with van der Waals surface area (Å²) in [6, 6.07) is 11.5. The molecule has 10 heteroatoms. The van der Waals surface area contributed by atoms with Crippen LogP contribution in [0.4, 0.5) is 13.2 Å². The first-order chi connectivity index (χ1) is 15.7. The molecule has 1 aromatic heterocycles. The van der Waals surface area contributed by atoms with Crippen molar-refractivity contribution in [3.8, 4) is 17.2 Å². The molecular formula is C23H21F3N2O4S. The average Bonchev–Trinajstić information content (AvgIpc) is 3.38. The Morgan fingerprint density at radius 2 is 2.03 bits per heavy atom. The number of aryl methyl sites for hydroxylation is 1. The summed E-state index contributed by atoms with van der Waals surface area (Å²) in [6.07, 6.45) is -4.40. The molecule has 1 fully saturated rings. The first-order valence-electron chi connectivity index (χ1n) is 10.1. The van der Waals surface area contributed by atoms with Crippen LogP contribution >= 0.6 is 11.8 Å². The van der Waals surface area contributed by atoms with Gasteiger partial charge in [-0.15, -0.1) is 11.8 Å². The van der Waals surface area contributed by atoms with Gasteiger partial charge in [0.1, 0.15) is 29.9 Å². The van der Waals surface area contributed by atoms with Crippen molar-refractivity contribution in [3.63, 3.8) is 0 Å². The van der Waals surface area contributed by atoms with E-state index >= 15 is 0 Å². The third kappa shape index (κ3) is 5.51. The fourth-order valence-electron chi connectivity index (χ4n) is 3.47. The summed E-state index contributed by atoms with van der Waals surface area (Å²) in [5, 5.41) is 9.34. The number of thioether (sulfide) groups is 1. The number of carboxylic acids is 1. The SMILES string of the molecule is Cc1oc(-c2ccc(C(F)(F)F)cc2)nc1COc1cccc(CN2CSCC2C(=O)O)c1. The minimum Gasteiger partial charge on any atom is -0.487 e. The number of halogens is 3. The van der Waals surface area contributed by atoms with E-state index in [4.69, 9.17) is 9.15 Å². The van der Waals surface area contributed by atoms with Crippen LogP contribution in [0, 0.1) is 6.92 Å². The lowest BCUT2D eigenvalue weighted by atomic mass is 10.1. The van der Waals surface area contributed by atoms with E-state index in [2.05, 4.69) is 4.98 Å². The summed E-state index contributed by atoms with van der Waals surface area (Å²) >= 11 is 1.59. The molecule has 1 aliphatic heterocycles. The van der Waals surface area contributed by atoms with E-state index in [1.165, 1.54) is 12.1 Å². The second kappa shape index (κ2) is 9.48. The highest BCUT2D eigenvalue weighted by Crippen LogP contribution is 2.31. The molecular weight excluding hydrogens is 457 g/mol. The molecule has 3 aromatic rings. The number of ether oxygens (including phenoxy) is 1. The van der Waals surface area contributed by atoms with E-state index in [0.29, 0.717) is 40.9 Å². The van der Waals surface area contributed by atoms with Crippen molar-refractivity contribution < 1.29 is 32.2 Å². The Morgan fingerprint density at radius 3 is 2.73 bits per heavy atom. The number of rotatable bonds is 7. The minimum atomic E-state index is -4.40. The van der Waals surface area contributed by atoms with Crippen molar-refractivity contribution in [2.45, 2.75) is 32.3 Å². The maximum Gasteiger partial charge on any atom is 0.416 e. The van der Waals surface area contributed by atoms with Crippen molar-refractivity contribution in [1.29, 1.82) is 0 Å². The standard InChI is InChI=1S/C23H21F3N2O4S/c1-14-19(27-21(32-14)16-5-7-17(8-6-16)23(24,25)26)11-31-18-4-2-3-15(9-18)10-28-13-33-12-20(28)22(29)30/h2-9,20H,10-13H2,1H3,(H,29,30). The van der Waals surface area contributed by atoms with E-state index < -0.39 is 23.8 Å². The molecule has 1 atom stereocenters. The third-order valence-corrected chi connectivity index (χ3v) is 6.34. The van der Waals surface area contributed by atoms with Gasteiger partial charge in [-0.25, -0.2) is 4.98 Å². The van der Waals surface area contributed by atoms with Crippen LogP contribution in [0.1, 0.15) is 22.6 Å². The summed E-state index contributed by atoms with van der Waals surface area (Å²) in [5.74, 6) is 1.74. The molecule has 2 aromatic carbocycles. The summed E-state index contributed by atoms with van der Waals surface area (Å²) in [4.78, 5) is 17.7. The van der Waals surface area contributed by atoms with Crippen LogP contribution in [0.2, 0.25) is 0 Å². The highest BCUT2D eigenvalue weighted by Gasteiger charge is 2.31. The highest BCUT2D eigenvalue weighted by molar-refractivity contribution is 7.99. The topological polar surface area (TPSA) is 75.8 Å². The van der Waals surface area contributed by atoms with Crippen molar-refractivity contribution in [2.75, 3.05) is 11.6 Å². The first-order valence-corrected chi connectivity index (χ1v) is 11.3. The lowest BCUT2D eigenvalue weighted by molar-refractivity contribution is -0.142. The molecule has 0 amide bonds. The van der Waals surface area contributed by atoms with Gasteiger partial charge in [-0.3, -0.25) is 9.69 Å². The maximum atomic E-state index is 12.8. The molecule has 2 heterocycles. The molecule has 1 aliphatic rings. The number of aliphatic carboxylic acids is 1. The molecule has 33 heavy (non-hydrogen) atoms. The number of carbonyl (C=O) groups is 1. The number of aromatic nitrogens is 1. The van der Waals surface area contributed by atoms with Gasteiger partial charge in [0.25, 0.3) is 0 Å². The number of carboxylic acid groups (broad SMARTS) is 1. The van der Waals surface area contributed by atoms with E-state index in [1.54, 1.807) is 24.8 Å². The van der Waals surface area contributed by atoms with E-state index in [-0.39, 0.29) is 12.5 Å². The van der Waals surface area contributed by atoms with Crippen LogP contribution in [0.5, 0.6) is 5.75 Å². The molecule has 0 aliphatic carbocycles. The van der Waals surface area contributed by atoms with E-state index in [1.807, 2.05) is 23.1 Å². The predicted octanol–water partition coefficient (Wildman–Crippen LogP) is 5.21. The Bertz CT molecular complexity index is 1130. The Morgan fingerprint density at radius 1 is 1.27 bits per heavy atom. The van der Waals surface area contributed by atoms with Gasteiger partial charge in [0.05, 0.1) is 5.56 Å². The number of nitrogens with zero attached hydrogens (tertiary/aromatic N) is 2. The van der Waals surface area contributed by atoms with Gasteiger partial charge in [-0.2, -0.15) is 13.2 Å². The van der Waals surface area contributed by atoms with Gasteiger partial charge in [0, 0.05) is 23.7 Å². The molecule has 0 spiro atoms. The molecule has 0 radical (unpaired) electrons. The monoisotopic (exact) mass is 478 g/mol. The quantitative estimate of drug-likeness (QED) is 0.500. The molecule has 1 saturated heterocycles. The Kier molecular flexibility index (Phi) is 6.66. The summed E-state index contributed by atoms with van der Waals surface area (Å²) in [7, 11) is 0. The van der Waals surface area contributed by atoms with E-state index in [0.717, 1.165) is 17.7 Å². The number of hydrogen-bond donors (Lipinski definition) is 1. The molecule has 4 rings (SSSR count). The Labute approximate surface area is 192 Å². The predicted molar refractivity (Wildman–Crippen MR) is 117 cm³/mol. The summed E-state index contributed by atoms with van der Waals surface area (Å²) < 4.78 is 49.8. The highest BCUT2D eigenvalue weighted by atomic mass is 32.2. The Hall–Kier alpha value is -2.98. The lowest BCUT2D eigenvalue weighted by Crippen LogP contribution is -2.37. The second-order valence-electron chi connectivity index (χ2n) is 7.63. The van der Waals surface area contributed by atoms with E-state index in [9.17, 15) is 23.1 Å². The zero-order valence-electron chi connectivity index (χ0n) is 17.6. The second-order valence-corrected chi connectivity index (χ2v) is 8.63. The fourth-order valence-corrected chi connectivity index (χ4v) is 4.66. The van der Waals surface area contributed by atoms with Crippen LogP contribution in [0.25, 0.3) is 11.5 Å². The molecule has 0 saturated carbocycles.